The van der Waals surface area contributed by atoms with Gasteiger partial charge in [0.2, 0.25) is 0 Å². The third kappa shape index (κ3) is 4.45. The standard InChI is InChI=1S/C27H17N5O2/c28-14-18-3-7-21(8-4-18)33-16-26-27(17-34-22-9-5-19(15-29)6-10-22)32-25-13-23-20(2-1-11-30-23)12-24(25)31-26/h1-13H,16-17H2. The maximum Gasteiger partial charge on any atom is 0.132 e. The van der Waals surface area contributed by atoms with Gasteiger partial charge in [-0.1, -0.05) is 6.07 Å². The lowest BCUT2D eigenvalue weighted by molar-refractivity contribution is 0.278. The Bertz CT molecular complexity index is 1450. The molecule has 7 heteroatoms. The highest BCUT2D eigenvalue weighted by atomic mass is 16.5. The molecule has 0 unspecified atom stereocenters. The second-order valence-corrected chi connectivity index (χ2v) is 7.50. The van der Waals surface area contributed by atoms with Gasteiger partial charge in [-0.25, -0.2) is 9.97 Å². The SMILES string of the molecule is N#Cc1ccc(OCc2nc3cc4cccnc4cc3nc2COc2ccc(C#N)cc2)cc1. The van der Waals surface area contributed by atoms with Crippen molar-refractivity contribution in [1.29, 1.82) is 10.5 Å². The maximum atomic E-state index is 8.99. The first kappa shape index (κ1) is 20.9. The molecule has 0 radical (unpaired) electrons. The summed E-state index contributed by atoms with van der Waals surface area (Å²) in [5, 5.41) is 19.0. The Morgan fingerprint density at radius 1 is 0.647 bits per heavy atom. The van der Waals surface area contributed by atoms with E-state index in [1.807, 2.05) is 24.3 Å². The van der Waals surface area contributed by atoms with Crippen LogP contribution in [-0.4, -0.2) is 15.0 Å². The van der Waals surface area contributed by atoms with Crippen molar-refractivity contribution in [2.45, 2.75) is 13.2 Å². The number of nitrogens with zero attached hydrogens (tertiary/aromatic N) is 5. The van der Waals surface area contributed by atoms with Gasteiger partial charge in [0.15, 0.2) is 0 Å². The summed E-state index contributed by atoms with van der Waals surface area (Å²) >= 11 is 0. The first-order valence-electron chi connectivity index (χ1n) is 10.5. The van der Waals surface area contributed by atoms with Gasteiger partial charge in [0.25, 0.3) is 0 Å². The smallest absolute Gasteiger partial charge is 0.132 e. The number of benzene rings is 3. The van der Waals surface area contributed by atoms with Crippen molar-refractivity contribution >= 4 is 21.9 Å². The highest BCUT2D eigenvalue weighted by Gasteiger charge is 2.13. The molecule has 0 N–H and O–H groups in total. The van der Waals surface area contributed by atoms with E-state index in [4.69, 9.17) is 30.0 Å². The maximum absolute atomic E-state index is 8.99. The Labute approximate surface area is 195 Å². The minimum absolute atomic E-state index is 0.182. The van der Waals surface area contributed by atoms with E-state index < -0.39 is 0 Å². The Morgan fingerprint density at radius 3 is 1.71 bits per heavy atom. The minimum Gasteiger partial charge on any atom is -0.487 e. The highest BCUT2D eigenvalue weighted by molar-refractivity contribution is 5.92. The van der Waals surface area contributed by atoms with Gasteiger partial charge in [-0.3, -0.25) is 4.98 Å². The lowest BCUT2D eigenvalue weighted by Gasteiger charge is -2.13. The van der Waals surface area contributed by atoms with Crippen LogP contribution in [0.15, 0.2) is 79.0 Å². The summed E-state index contributed by atoms with van der Waals surface area (Å²) in [6.07, 6.45) is 1.75. The molecule has 0 saturated carbocycles. The van der Waals surface area contributed by atoms with E-state index in [2.05, 4.69) is 17.1 Å². The van der Waals surface area contributed by atoms with Gasteiger partial charge in [0, 0.05) is 11.6 Å². The van der Waals surface area contributed by atoms with Gasteiger partial charge < -0.3 is 9.47 Å². The second-order valence-electron chi connectivity index (χ2n) is 7.50. The van der Waals surface area contributed by atoms with E-state index in [-0.39, 0.29) is 13.2 Å². The normalized spacial score (nSPS) is 10.5. The fourth-order valence-electron chi connectivity index (χ4n) is 3.48. The van der Waals surface area contributed by atoms with Crippen LogP contribution in [0.25, 0.3) is 21.9 Å². The molecule has 0 aliphatic heterocycles. The molecule has 0 atom stereocenters. The van der Waals surface area contributed by atoms with Crippen LogP contribution in [0, 0.1) is 22.7 Å². The van der Waals surface area contributed by atoms with Crippen LogP contribution in [0.1, 0.15) is 22.5 Å². The van der Waals surface area contributed by atoms with Gasteiger partial charge in [-0.15, -0.1) is 0 Å². The van der Waals surface area contributed by atoms with Crippen molar-refractivity contribution in [1.82, 2.24) is 15.0 Å². The predicted molar refractivity (Wildman–Crippen MR) is 126 cm³/mol. The molecular weight excluding hydrogens is 426 g/mol. The Morgan fingerprint density at radius 2 is 1.18 bits per heavy atom. The number of pyridine rings is 1. The summed E-state index contributed by atoms with van der Waals surface area (Å²) in [7, 11) is 0. The summed E-state index contributed by atoms with van der Waals surface area (Å²) in [4.78, 5) is 14.0. The molecule has 0 spiro atoms. The Kier molecular flexibility index (Phi) is 5.67. The third-order valence-corrected chi connectivity index (χ3v) is 5.26. The van der Waals surface area contributed by atoms with Crippen molar-refractivity contribution < 1.29 is 9.47 Å². The summed E-state index contributed by atoms with van der Waals surface area (Å²) < 4.78 is 11.9. The van der Waals surface area contributed by atoms with Gasteiger partial charge in [-0.05, 0) is 66.7 Å². The number of nitriles is 2. The second kappa shape index (κ2) is 9.23. The van der Waals surface area contributed by atoms with E-state index in [0.717, 1.165) is 16.4 Å². The van der Waals surface area contributed by atoms with Crippen LogP contribution < -0.4 is 9.47 Å². The Balaban J connectivity index is 1.47. The number of aromatic nitrogens is 3. The first-order chi connectivity index (χ1) is 16.7. The molecule has 34 heavy (non-hydrogen) atoms. The molecule has 0 aliphatic rings. The molecule has 162 valence electrons. The van der Waals surface area contributed by atoms with Gasteiger partial charge in [-0.2, -0.15) is 10.5 Å². The summed E-state index contributed by atoms with van der Waals surface area (Å²) in [5.74, 6) is 1.25. The van der Waals surface area contributed by atoms with E-state index in [0.29, 0.717) is 39.5 Å². The lowest BCUT2D eigenvalue weighted by Crippen LogP contribution is -2.09. The average molecular weight is 443 g/mol. The number of rotatable bonds is 6. The largest absolute Gasteiger partial charge is 0.487 e. The summed E-state index contributed by atoms with van der Waals surface area (Å²) in [5.41, 5.74) is 4.70. The minimum atomic E-state index is 0.182. The fourth-order valence-corrected chi connectivity index (χ4v) is 3.48. The quantitative estimate of drug-likeness (QED) is 0.337. The third-order valence-electron chi connectivity index (χ3n) is 5.26. The summed E-state index contributed by atoms with van der Waals surface area (Å²) in [6, 6.07) is 25.7. The van der Waals surface area contributed by atoms with Crippen LogP contribution in [0.3, 0.4) is 0 Å². The van der Waals surface area contributed by atoms with Crippen molar-refractivity contribution in [2.24, 2.45) is 0 Å². The zero-order valence-corrected chi connectivity index (χ0v) is 18.0. The molecule has 5 rings (SSSR count). The average Bonchev–Trinajstić information content (AvgIpc) is 2.90. The van der Waals surface area contributed by atoms with E-state index in [9.17, 15) is 0 Å². The number of hydrogen-bond donors (Lipinski definition) is 0. The van der Waals surface area contributed by atoms with Gasteiger partial charge >= 0.3 is 0 Å². The van der Waals surface area contributed by atoms with Crippen molar-refractivity contribution in [2.75, 3.05) is 0 Å². The van der Waals surface area contributed by atoms with Gasteiger partial charge in [0.05, 0.1) is 39.8 Å². The Hall–Kier alpha value is -5.01. The lowest BCUT2D eigenvalue weighted by atomic mass is 10.1. The molecule has 2 aromatic heterocycles. The molecule has 7 nitrogen and oxygen atoms in total. The molecule has 2 heterocycles. The predicted octanol–water partition coefficient (Wildman–Crippen LogP) is 5.08. The first-order valence-corrected chi connectivity index (χ1v) is 10.5. The number of hydrogen-bond acceptors (Lipinski definition) is 7. The summed E-state index contributed by atoms with van der Waals surface area (Å²) in [6.45, 7) is 0.368. The fraction of sp³-hybridized carbons (Fsp3) is 0.0741. The van der Waals surface area contributed by atoms with Crippen LogP contribution in [-0.2, 0) is 13.2 Å². The molecule has 0 bridgehead atoms. The number of ether oxygens (including phenoxy) is 2. The molecule has 3 aromatic carbocycles. The molecular formula is C27H17N5O2. The highest BCUT2D eigenvalue weighted by Crippen LogP contribution is 2.23. The van der Waals surface area contributed by atoms with E-state index >= 15 is 0 Å². The van der Waals surface area contributed by atoms with Crippen molar-refractivity contribution in [3.05, 3.63) is 102 Å². The monoisotopic (exact) mass is 443 g/mol. The van der Waals surface area contributed by atoms with Crippen LogP contribution in [0.4, 0.5) is 0 Å². The van der Waals surface area contributed by atoms with E-state index in [1.165, 1.54) is 0 Å². The zero-order chi connectivity index (χ0) is 23.3. The van der Waals surface area contributed by atoms with Crippen LogP contribution in [0.2, 0.25) is 0 Å². The zero-order valence-electron chi connectivity index (χ0n) is 18.0. The molecule has 0 aliphatic carbocycles. The van der Waals surface area contributed by atoms with E-state index in [1.54, 1.807) is 54.7 Å². The number of fused-ring (bicyclic) bond motifs is 2. The van der Waals surface area contributed by atoms with Crippen LogP contribution >= 0.6 is 0 Å². The van der Waals surface area contributed by atoms with Crippen molar-refractivity contribution in [3.8, 4) is 23.6 Å². The molecule has 0 amide bonds. The van der Waals surface area contributed by atoms with Crippen LogP contribution in [0.5, 0.6) is 11.5 Å². The topological polar surface area (TPSA) is 105 Å². The molecule has 0 fully saturated rings. The molecule has 5 aromatic rings. The van der Waals surface area contributed by atoms with Gasteiger partial charge in [0.1, 0.15) is 36.1 Å². The van der Waals surface area contributed by atoms with Crippen molar-refractivity contribution in [3.63, 3.8) is 0 Å². The molecule has 0 saturated heterocycles.